The number of aliphatic hydroxyl groups is 1. The first-order chi connectivity index (χ1) is 12.3. The summed E-state index contributed by atoms with van der Waals surface area (Å²) in [5.74, 6) is 0.384. The molecule has 0 saturated heterocycles. The molecule has 2 rings (SSSR count). The second-order valence-electron chi connectivity index (χ2n) is 5.39. The van der Waals surface area contributed by atoms with Crippen LogP contribution in [0.1, 0.15) is 19.2 Å². The zero-order chi connectivity index (χ0) is 19.2. The van der Waals surface area contributed by atoms with Gasteiger partial charge in [-0.2, -0.15) is 0 Å². The van der Waals surface area contributed by atoms with Crippen molar-refractivity contribution in [2.45, 2.75) is 25.7 Å². The number of amidine groups is 1. The van der Waals surface area contributed by atoms with E-state index in [0.717, 1.165) is 0 Å². The van der Waals surface area contributed by atoms with Gasteiger partial charge in [0.1, 0.15) is 17.4 Å². The number of nitrogens with zero attached hydrogens (tertiary/aromatic N) is 2. The van der Waals surface area contributed by atoms with Gasteiger partial charge in [0.15, 0.2) is 0 Å². The van der Waals surface area contributed by atoms with Crippen molar-refractivity contribution < 1.29 is 23.0 Å². The van der Waals surface area contributed by atoms with Crippen molar-refractivity contribution in [2.24, 2.45) is 10.7 Å². The van der Waals surface area contributed by atoms with E-state index in [9.17, 15) is 13.2 Å². The quantitative estimate of drug-likeness (QED) is 0.517. The number of imidazole rings is 1. The monoisotopic (exact) mass is 368 g/mol. The summed E-state index contributed by atoms with van der Waals surface area (Å²) in [6.07, 6.45) is 0.517. The molecule has 0 aliphatic carbocycles. The minimum Gasteiger partial charge on any atom is -0.406 e. The summed E-state index contributed by atoms with van der Waals surface area (Å²) in [4.78, 5) is 11.2. The average molecular weight is 368 g/mol. The van der Waals surface area contributed by atoms with E-state index in [-0.39, 0.29) is 24.2 Å². The molecule has 26 heavy (non-hydrogen) atoms. The molecule has 0 aliphatic heterocycles. The first-order valence-corrected chi connectivity index (χ1v) is 7.84. The van der Waals surface area contributed by atoms with Crippen molar-refractivity contribution in [1.82, 2.24) is 9.97 Å². The molecule has 0 unspecified atom stereocenters. The van der Waals surface area contributed by atoms with Crippen molar-refractivity contribution in [3.05, 3.63) is 42.4 Å². The molecule has 9 heteroatoms. The molecule has 0 bridgehead atoms. The Morgan fingerprint density at radius 1 is 1.46 bits per heavy atom. The summed E-state index contributed by atoms with van der Waals surface area (Å²) < 4.78 is 40.8. The SMILES string of the molecule is CC[C@@H](CO)N=C(N)/C=C\c1ncc(-c2cccc(OC(F)(F)F)c2)[nH]1. The molecular formula is C17H19F3N4O2. The molecule has 0 radical (unpaired) electrons. The highest BCUT2D eigenvalue weighted by Crippen LogP contribution is 2.27. The molecule has 6 nitrogen and oxygen atoms in total. The van der Waals surface area contributed by atoms with Crippen LogP contribution < -0.4 is 10.5 Å². The second kappa shape index (κ2) is 8.52. The van der Waals surface area contributed by atoms with Crippen LogP contribution in [0.3, 0.4) is 0 Å². The second-order valence-corrected chi connectivity index (χ2v) is 5.39. The van der Waals surface area contributed by atoms with Crippen molar-refractivity contribution >= 4 is 11.9 Å². The number of halogens is 3. The summed E-state index contributed by atoms with van der Waals surface area (Å²) in [5.41, 5.74) is 6.77. The number of benzene rings is 1. The van der Waals surface area contributed by atoms with Gasteiger partial charge < -0.3 is 20.6 Å². The van der Waals surface area contributed by atoms with Crippen molar-refractivity contribution in [3.63, 3.8) is 0 Å². The van der Waals surface area contributed by atoms with Gasteiger partial charge in [0.25, 0.3) is 0 Å². The Hall–Kier alpha value is -2.81. The van der Waals surface area contributed by atoms with Gasteiger partial charge in [0.2, 0.25) is 0 Å². The van der Waals surface area contributed by atoms with Gasteiger partial charge in [0, 0.05) is 5.56 Å². The van der Waals surface area contributed by atoms with Gasteiger partial charge >= 0.3 is 6.36 Å². The molecule has 2 aromatic rings. The van der Waals surface area contributed by atoms with Crippen LogP contribution in [0.25, 0.3) is 17.3 Å². The highest BCUT2D eigenvalue weighted by Gasteiger charge is 2.31. The van der Waals surface area contributed by atoms with Crippen LogP contribution in [0.15, 0.2) is 41.5 Å². The van der Waals surface area contributed by atoms with Crippen LogP contribution in [-0.4, -0.2) is 39.9 Å². The zero-order valence-electron chi connectivity index (χ0n) is 14.0. The number of rotatable bonds is 7. The molecule has 1 aromatic heterocycles. The number of hydrogen-bond donors (Lipinski definition) is 3. The molecule has 0 aliphatic rings. The fourth-order valence-corrected chi connectivity index (χ4v) is 2.11. The van der Waals surface area contributed by atoms with Crippen molar-refractivity contribution in [2.75, 3.05) is 6.61 Å². The number of alkyl halides is 3. The highest BCUT2D eigenvalue weighted by atomic mass is 19.4. The highest BCUT2D eigenvalue weighted by molar-refractivity contribution is 5.94. The van der Waals surface area contributed by atoms with Crippen LogP contribution >= 0.6 is 0 Å². The molecule has 0 saturated carbocycles. The van der Waals surface area contributed by atoms with E-state index < -0.39 is 6.36 Å². The van der Waals surface area contributed by atoms with E-state index in [0.29, 0.717) is 23.5 Å². The Bertz CT molecular complexity index is 780. The Morgan fingerprint density at radius 3 is 2.88 bits per heavy atom. The number of ether oxygens (including phenoxy) is 1. The average Bonchev–Trinajstić information content (AvgIpc) is 3.05. The van der Waals surface area contributed by atoms with E-state index in [1.165, 1.54) is 30.5 Å². The lowest BCUT2D eigenvalue weighted by Crippen LogP contribution is -2.17. The van der Waals surface area contributed by atoms with Gasteiger partial charge in [-0.3, -0.25) is 4.99 Å². The fraction of sp³-hybridized carbons (Fsp3) is 0.294. The Kier molecular flexibility index (Phi) is 6.40. The first-order valence-electron chi connectivity index (χ1n) is 7.84. The molecule has 0 fully saturated rings. The number of nitrogens with one attached hydrogen (secondary N) is 1. The van der Waals surface area contributed by atoms with Gasteiger partial charge in [-0.25, -0.2) is 4.98 Å². The van der Waals surface area contributed by atoms with E-state index in [1.807, 2.05) is 6.92 Å². The standard InChI is InChI=1S/C17H19F3N4O2/c1-2-12(10-25)23-15(21)6-7-16-22-9-14(24-16)11-4-3-5-13(8-11)26-17(18,19)20/h3-9,12,25H,2,10H2,1H3,(H2,21,23)(H,22,24)/b7-6-/t12-/m0/s1. The minimum atomic E-state index is -4.75. The predicted molar refractivity (Wildman–Crippen MR) is 92.5 cm³/mol. The van der Waals surface area contributed by atoms with Crippen LogP contribution in [0.2, 0.25) is 0 Å². The number of nitrogens with two attached hydrogens (primary N) is 1. The maximum atomic E-state index is 12.3. The summed E-state index contributed by atoms with van der Waals surface area (Å²) in [7, 11) is 0. The van der Waals surface area contributed by atoms with Gasteiger partial charge in [0.05, 0.1) is 24.5 Å². The number of aromatic nitrogens is 2. The maximum absolute atomic E-state index is 12.3. The van der Waals surface area contributed by atoms with E-state index in [1.54, 1.807) is 12.1 Å². The third kappa shape index (κ3) is 5.92. The Labute approximate surface area is 148 Å². The van der Waals surface area contributed by atoms with Gasteiger partial charge in [-0.1, -0.05) is 19.1 Å². The van der Waals surface area contributed by atoms with Crippen LogP contribution in [0, 0.1) is 0 Å². The number of aliphatic imine (C=N–C) groups is 1. The van der Waals surface area contributed by atoms with Crippen molar-refractivity contribution in [1.29, 1.82) is 0 Å². The van der Waals surface area contributed by atoms with E-state index >= 15 is 0 Å². The summed E-state index contributed by atoms with van der Waals surface area (Å²) in [6.45, 7) is 1.79. The summed E-state index contributed by atoms with van der Waals surface area (Å²) in [6, 6.07) is 5.31. The molecule has 140 valence electrons. The van der Waals surface area contributed by atoms with E-state index in [2.05, 4.69) is 19.7 Å². The van der Waals surface area contributed by atoms with Crippen molar-refractivity contribution in [3.8, 4) is 17.0 Å². The maximum Gasteiger partial charge on any atom is 0.573 e. The Morgan fingerprint density at radius 2 is 2.23 bits per heavy atom. The number of aliphatic hydroxyl groups excluding tert-OH is 1. The normalized spacial score (nSPS) is 14.0. The predicted octanol–water partition coefficient (Wildman–Crippen LogP) is 3.12. The molecule has 0 spiro atoms. The molecular weight excluding hydrogens is 349 g/mol. The first kappa shape index (κ1) is 19.5. The lowest BCUT2D eigenvalue weighted by atomic mass is 10.1. The molecule has 1 heterocycles. The third-order valence-electron chi connectivity index (χ3n) is 3.40. The summed E-state index contributed by atoms with van der Waals surface area (Å²) >= 11 is 0. The number of H-pyrrole nitrogens is 1. The molecule has 0 amide bonds. The smallest absolute Gasteiger partial charge is 0.406 e. The summed E-state index contributed by atoms with van der Waals surface area (Å²) in [5, 5.41) is 9.10. The molecule has 4 N–H and O–H groups in total. The molecule has 1 aromatic carbocycles. The Balaban J connectivity index is 2.12. The van der Waals surface area contributed by atoms with Crippen LogP contribution in [0.5, 0.6) is 5.75 Å². The van der Waals surface area contributed by atoms with Crippen LogP contribution in [-0.2, 0) is 0 Å². The topological polar surface area (TPSA) is 96.5 Å². The molecule has 1 atom stereocenters. The van der Waals surface area contributed by atoms with Crippen LogP contribution in [0.4, 0.5) is 13.2 Å². The largest absolute Gasteiger partial charge is 0.573 e. The van der Waals surface area contributed by atoms with Gasteiger partial charge in [-0.15, -0.1) is 13.2 Å². The van der Waals surface area contributed by atoms with E-state index in [4.69, 9.17) is 10.8 Å². The fourth-order valence-electron chi connectivity index (χ4n) is 2.11. The zero-order valence-corrected chi connectivity index (χ0v) is 14.0. The van der Waals surface area contributed by atoms with Gasteiger partial charge in [-0.05, 0) is 30.7 Å². The third-order valence-corrected chi connectivity index (χ3v) is 3.40. The lowest BCUT2D eigenvalue weighted by Gasteiger charge is -2.09. The number of aromatic amines is 1. The lowest BCUT2D eigenvalue weighted by molar-refractivity contribution is -0.274. The number of hydrogen-bond acceptors (Lipinski definition) is 4. The minimum absolute atomic E-state index is 0.0910.